The Morgan fingerprint density at radius 1 is 1.00 bits per heavy atom. The highest BCUT2D eigenvalue weighted by Crippen LogP contribution is 2.25. The summed E-state index contributed by atoms with van der Waals surface area (Å²) in [5, 5.41) is 15.0. The summed E-state index contributed by atoms with van der Waals surface area (Å²) in [7, 11) is -4.64. The Morgan fingerprint density at radius 2 is 1.17 bits per heavy atom. The lowest BCUT2D eigenvalue weighted by atomic mass is 11.3. The van der Waals surface area contributed by atoms with Crippen molar-refractivity contribution in [3.8, 4) is 0 Å². The lowest BCUT2D eigenvalue weighted by Crippen LogP contribution is -2.05. The van der Waals surface area contributed by atoms with Gasteiger partial charge in [0.05, 0.1) is 0 Å². The summed E-state index contributed by atoms with van der Waals surface area (Å²) in [6.45, 7) is 0. The Hall–Kier alpha value is -1.15. The molecule has 0 unspecified atom stereocenters. The van der Waals surface area contributed by atoms with E-state index in [1.165, 1.54) is 0 Å². The fourth-order valence-corrected chi connectivity index (χ4v) is 0.0747. The normalized spacial score (nSPS) is 9.25. The molecule has 0 aliphatic rings. The molecule has 0 aromatic carbocycles. The van der Waals surface area contributed by atoms with Gasteiger partial charge in [-0.15, -0.1) is 0 Å². The number of hydrogen-bond acceptors (Lipinski definition) is 4. The summed E-state index contributed by atoms with van der Waals surface area (Å²) in [6, 6.07) is 0. The average Bonchev–Trinajstić information content (AvgIpc) is 1.52. The van der Waals surface area contributed by atoms with Crippen LogP contribution in [0.4, 0.5) is 9.59 Å². The second-order valence-electron chi connectivity index (χ2n) is 1.15. The van der Waals surface area contributed by atoms with Crippen LogP contribution >= 0.6 is 7.82 Å². The fourth-order valence-electron chi connectivity index (χ4n) is 0.0747. The molecule has 0 amide bonds. The van der Waals surface area contributed by atoms with Crippen LogP contribution in [-0.4, -0.2) is 37.2 Å². The molecule has 5 N–H and O–H groups in total. The highest BCUT2D eigenvalue weighted by atomic mass is 31.2. The molecule has 10 heteroatoms. The van der Waals surface area contributed by atoms with Crippen LogP contribution in [0.2, 0.25) is 0 Å². The van der Waals surface area contributed by atoms with E-state index in [4.69, 9.17) is 29.5 Å². The molecule has 0 aromatic rings. The minimum atomic E-state index is -4.64. The number of carboxylic acid groups (broad SMARTS) is 2. The van der Waals surface area contributed by atoms with E-state index in [0.717, 1.165) is 0 Å². The molecule has 0 aromatic heterocycles. The van der Waals surface area contributed by atoms with Gasteiger partial charge in [-0.25, -0.2) is 14.2 Å². The van der Waals surface area contributed by atoms with E-state index in [2.05, 4.69) is 4.74 Å². The van der Waals surface area contributed by atoms with Crippen molar-refractivity contribution in [2.75, 3.05) is 0 Å². The second-order valence-corrected chi connectivity index (χ2v) is 2.17. The van der Waals surface area contributed by atoms with Crippen molar-refractivity contribution in [1.29, 1.82) is 0 Å². The third kappa shape index (κ3) is 67.1. The topological polar surface area (TPSA) is 162 Å². The number of ether oxygens (including phenoxy) is 1. The van der Waals surface area contributed by atoms with Crippen molar-refractivity contribution in [2.45, 2.75) is 0 Å². The van der Waals surface area contributed by atoms with Gasteiger partial charge < -0.3 is 29.6 Å². The highest BCUT2D eigenvalue weighted by Gasteiger charge is 2.01. The van der Waals surface area contributed by atoms with Gasteiger partial charge in [-0.05, 0) is 0 Å². The maximum atomic E-state index is 9.21. The molecule has 0 aliphatic carbocycles. The van der Waals surface area contributed by atoms with Crippen molar-refractivity contribution < 1.29 is 43.8 Å². The van der Waals surface area contributed by atoms with Gasteiger partial charge in [-0.2, -0.15) is 0 Å². The molecule has 0 atom stereocenters. The standard InChI is InChI=1S/C2H2O5.H3O4P/c3-1(4)7-2(5)6;1-5(2,3)4/h(H,3,4)(H,5,6);(H3,1,2,3,4). The molecule has 9 nitrogen and oxygen atoms in total. The lowest BCUT2D eigenvalue weighted by Gasteiger charge is -1.84. The van der Waals surface area contributed by atoms with E-state index < -0.39 is 20.1 Å². The maximum absolute atomic E-state index is 9.21. The first-order chi connectivity index (χ1) is 5.13. The van der Waals surface area contributed by atoms with Crippen molar-refractivity contribution in [1.82, 2.24) is 0 Å². The number of phosphoric acid groups is 1. The number of hydrogen-bond donors (Lipinski definition) is 5. The summed E-state index contributed by atoms with van der Waals surface area (Å²) >= 11 is 0. The summed E-state index contributed by atoms with van der Waals surface area (Å²) < 4.78 is 12.0. The van der Waals surface area contributed by atoms with Gasteiger partial charge in [-0.3, -0.25) is 0 Å². The van der Waals surface area contributed by atoms with Gasteiger partial charge in [-0.1, -0.05) is 0 Å². The Kier molecular flexibility index (Phi) is 6.15. The molecular formula is C2H5O9P. The molecule has 0 saturated carbocycles. The zero-order valence-electron chi connectivity index (χ0n) is 5.32. The van der Waals surface area contributed by atoms with E-state index in [0.29, 0.717) is 0 Å². The molecule has 0 saturated heterocycles. The van der Waals surface area contributed by atoms with Gasteiger partial charge >= 0.3 is 20.1 Å². The Bertz CT molecular complexity index is 180. The van der Waals surface area contributed by atoms with E-state index in [9.17, 15) is 9.59 Å². The quantitative estimate of drug-likeness (QED) is 0.197. The second kappa shape index (κ2) is 5.49. The van der Waals surface area contributed by atoms with E-state index in [1.807, 2.05) is 0 Å². The maximum Gasteiger partial charge on any atom is 0.516 e. The Balaban J connectivity index is 0. The largest absolute Gasteiger partial charge is 0.516 e. The third-order valence-corrected chi connectivity index (χ3v) is 0.175. The van der Waals surface area contributed by atoms with Crippen LogP contribution in [0.25, 0.3) is 0 Å². The molecule has 0 rings (SSSR count). The lowest BCUT2D eigenvalue weighted by molar-refractivity contribution is 0.0801. The Morgan fingerprint density at radius 3 is 1.17 bits per heavy atom. The zero-order chi connectivity index (χ0) is 10.4. The molecule has 0 radical (unpaired) electrons. The molecular weight excluding hydrogens is 199 g/mol. The smallest absolute Gasteiger partial charge is 0.449 e. The van der Waals surface area contributed by atoms with E-state index in [1.54, 1.807) is 0 Å². The Labute approximate surface area is 65.1 Å². The average molecular weight is 204 g/mol. The molecule has 0 heterocycles. The van der Waals surface area contributed by atoms with Crippen LogP contribution < -0.4 is 0 Å². The van der Waals surface area contributed by atoms with Gasteiger partial charge in [0.15, 0.2) is 0 Å². The highest BCUT2D eigenvalue weighted by molar-refractivity contribution is 7.45. The SMILES string of the molecule is O=C(O)OC(=O)O.O=P(O)(O)O. The minimum absolute atomic E-state index is 1.81. The molecule has 0 aliphatic heterocycles. The van der Waals surface area contributed by atoms with Crippen LogP contribution in [0.15, 0.2) is 0 Å². The summed E-state index contributed by atoms with van der Waals surface area (Å²) in [5.41, 5.74) is 0. The first-order valence-electron chi connectivity index (χ1n) is 2.05. The zero-order valence-corrected chi connectivity index (χ0v) is 6.21. The first-order valence-corrected chi connectivity index (χ1v) is 3.61. The predicted octanol–water partition coefficient (Wildman–Crippen LogP) is -0.570. The molecule has 0 fully saturated rings. The van der Waals surface area contributed by atoms with E-state index >= 15 is 0 Å². The van der Waals surface area contributed by atoms with Crippen molar-refractivity contribution in [3.05, 3.63) is 0 Å². The molecule has 72 valence electrons. The van der Waals surface area contributed by atoms with Crippen molar-refractivity contribution in [3.63, 3.8) is 0 Å². The minimum Gasteiger partial charge on any atom is -0.449 e. The molecule has 0 spiro atoms. The van der Waals surface area contributed by atoms with Crippen LogP contribution in [0.5, 0.6) is 0 Å². The number of carbonyl (C=O) groups is 2. The van der Waals surface area contributed by atoms with Crippen molar-refractivity contribution >= 4 is 20.1 Å². The van der Waals surface area contributed by atoms with Crippen LogP contribution in [0.3, 0.4) is 0 Å². The first kappa shape index (κ1) is 13.4. The predicted molar refractivity (Wildman–Crippen MR) is 31.4 cm³/mol. The number of rotatable bonds is 0. The summed E-state index contributed by atoms with van der Waals surface area (Å²) in [4.78, 5) is 40.0. The summed E-state index contributed by atoms with van der Waals surface area (Å²) in [6.07, 6.45) is -3.62. The van der Waals surface area contributed by atoms with Crippen LogP contribution in [0, 0.1) is 0 Å². The monoisotopic (exact) mass is 204 g/mol. The van der Waals surface area contributed by atoms with E-state index in [-0.39, 0.29) is 0 Å². The van der Waals surface area contributed by atoms with Crippen molar-refractivity contribution in [2.24, 2.45) is 0 Å². The van der Waals surface area contributed by atoms with Crippen LogP contribution in [0.1, 0.15) is 0 Å². The van der Waals surface area contributed by atoms with Gasteiger partial charge in [0, 0.05) is 0 Å². The molecule has 0 bridgehead atoms. The molecule has 12 heavy (non-hydrogen) atoms. The van der Waals surface area contributed by atoms with Crippen LogP contribution in [-0.2, 0) is 9.30 Å². The van der Waals surface area contributed by atoms with Gasteiger partial charge in [0.1, 0.15) is 0 Å². The fraction of sp³-hybridized carbons (Fsp3) is 0. The summed E-state index contributed by atoms with van der Waals surface area (Å²) in [5.74, 6) is 0. The third-order valence-electron chi connectivity index (χ3n) is 0.175. The van der Waals surface area contributed by atoms with Gasteiger partial charge in [0.25, 0.3) is 0 Å². The van der Waals surface area contributed by atoms with Gasteiger partial charge in [0.2, 0.25) is 0 Å².